The van der Waals surface area contributed by atoms with E-state index in [0.29, 0.717) is 23.6 Å². The second kappa shape index (κ2) is 6.67. The minimum atomic E-state index is -0.199. The number of benzene rings is 2. The number of hydrogen-bond donors (Lipinski definition) is 1. The first-order valence-electron chi connectivity index (χ1n) is 8.77. The summed E-state index contributed by atoms with van der Waals surface area (Å²) in [6, 6.07) is 13.1. The Kier molecular flexibility index (Phi) is 4.21. The van der Waals surface area contributed by atoms with E-state index in [1.165, 1.54) is 0 Å². The Bertz CT molecular complexity index is 979. The molecule has 3 aromatic rings. The second-order valence-electron chi connectivity index (χ2n) is 6.35. The molecule has 0 saturated carbocycles. The molecule has 4 rings (SSSR count). The monoisotopic (exact) mass is 348 g/mol. The van der Waals surface area contributed by atoms with Crippen molar-refractivity contribution in [2.45, 2.75) is 26.4 Å². The predicted octanol–water partition coefficient (Wildman–Crippen LogP) is 4.21. The molecule has 26 heavy (non-hydrogen) atoms. The molecule has 1 atom stereocenters. The van der Waals surface area contributed by atoms with Gasteiger partial charge in [-0.3, -0.25) is 9.78 Å². The van der Waals surface area contributed by atoms with E-state index in [9.17, 15) is 4.79 Å². The Morgan fingerprint density at radius 2 is 2.19 bits per heavy atom. The molecule has 5 nitrogen and oxygen atoms in total. The molecule has 5 heteroatoms. The number of carbonyl (C=O) groups is 1. The van der Waals surface area contributed by atoms with Crippen LogP contribution in [0.25, 0.3) is 10.9 Å². The highest BCUT2D eigenvalue weighted by Gasteiger charge is 2.23. The van der Waals surface area contributed by atoms with Crippen molar-refractivity contribution in [3.8, 4) is 11.5 Å². The molecule has 1 N–H and O–H groups in total. The van der Waals surface area contributed by atoms with E-state index < -0.39 is 0 Å². The molecule has 2 heterocycles. The van der Waals surface area contributed by atoms with Crippen molar-refractivity contribution < 1.29 is 14.3 Å². The fourth-order valence-corrected chi connectivity index (χ4v) is 3.30. The van der Waals surface area contributed by atoms with Crippen LogP contribution in [0.15, 0.2) is 48.7 Å². The molecule has 0 radical (unpaired) electrons. The van der Waals surface area contributed by atoms with Crippen molar-refractivity contribution in [1.29, 1.82) is 0 Å². The van der Waals surface area contributed by atoms with E-state index in [4.69, 9.17) is 9.47 Å². The Morgan fingerprint density at radius 3 is 3.04 bits per heavy atom. The second-order valence-corrected chi connectivity index (χ2v) is 6.35. The Hall–Kier alpha value is -3.08. The summed E-state index contributed by atoms with van der Waals surface area (Å²) in [5.74, 6) is 1.27. The lowest BCUT2D eigenvalue weighted by molar-refractivity contribution is 0.102. The van der Waals surface area contributed by atoms with Crippen LogP contribution >= 0.6 is 0 Å². The zero-order chi connectivity index (χ0) is 18.1. The highest BCUT2D eigenvalue weighted by molar-refractivity contribution is 6.12. The van der Waals surface area contributed by atoms with Crippen LogP contribution in [0.1, 0.15) is 29.8 Å². The molecule has 1 amide bonds. The van der Waals surface area contributed by atoms with E-state index in [1.54, 1.807) is 12.3 Å². The third-order valence-corrected chi connectivity index (χ3v) is 4.44. The lowest BCUT2D eigenvalue weighted by Crippen LogP contribution is -2.13. The number of carbonyl (C=O) groups excluding carboxylic acids is 1. The molecule has 0 bridgehead atoms. The maximum Gasteiger partial charge on any atom is 0.256 e. The number of rotatable bonds is 4. The fraction of sp³-hybridized carbons (Fsp3) is 0.238. The molecule has 0 fully saturated rings. The number of nitrogens with one attached hydrogen (secondary N) is 1. The first-order chi connectivity index (χ1) is 12.7. The van der Waals surface area contributed by atoms with Crippen LogP contribution in [-0.4, -0.2) is 23.6 Å². The van der Waals surface area contributed by atoms with Gasteiger partial charge in [0.15, 0.2) is 0 Å². The number of anilines is 1. The molecule has 1 aliphatic heterocycles. The smallest absolute Gasteiger partial charge is 0.256 e. The van der Waals surface area contributed by atoms with Crippen LogP contribution < -0.4 is 14.8 Å². The van der Waals surface area contributed by atoms with E-state index in [0.717, 1.165) is 28.6 Å². The van der Waals surface area contributed by atoms with Crippen LogP contribution in [0.4, 0.5) is 5.69 Å². The van der Waals surface area contributed by atoms with Crippen LogP contribution in [-0.2, 0) is 6.42 Å². The summed E-state index contributed by atoms with van der Waals surface area (Å²) in [5, 5.41) is 3.79. The summed E-state index contributed by atoms with van der Waals surface area (Å²) >= 11 is 0. The number of aromatic nitrogens is 1. The number of pyridine rings is 1. The normalized spacial score (nSPS) is 15.4. The number of fused-ring (bicyclic) bond motifs is 2. The standard InChI is InChI=1S/C21H20N2O3/c1-3-25-20-11-14-10-13(2)26-19(14)12-18(20)23-21(24)16-6-4-8-17-15(16)7-5-9-22-17/h4-9,11-13H,3,10H2,1-2H3,(H,23,24). The van der Waals surface area contributed by atoms with Gasteiger partial charge in [-0.05, 0) is 38.1 Å². The molecule has 2 aromatic carbocycles. The number of ether oxygens (including phenoxy) is 2. The topological polar surface area (TPSA) is 60.5 Å². The summed E-state index contributed by atoms with van der Waals surface area (Å²) < 4.78 is 11.6. The first-order valence-corrected chi connectivity index (χ1v) is 8.77. The lowest BCUT2D eigenvalue weighted by atomic mass is 10.1. The Balaban J connectivity index is 1.70. The summed E-state index contributed by atoms with van der Waals surface area (Å²) in [5.41, 5.74) is 3.09. The van der Waals surface area contributed by atoms with Crippen LogP contribution in [0.5, 0.6) is 11.5 Å². The van der Waals surface area contributed by atoms with Crippen molar-refractivity contribution in [3.05, 3.63) is 59.8 Å². The number of nitrogens with zero attached hydrogens (tertiary/aromatic N) is 1. The molecule has 0 aliphatic carbocycles. The van der Waals surface area contributed by atoms with Crippen LogP contribution in [0, 0.1) is 0 Å². The minimum absolute atomic E-state index is 0.134. The van der Waals surface area contributed by atoms with Gasteiger partial charge in [-0.1, -0.05) is 12.1 Å². The molecule has 1 aliphatic rings. The summed E-state index contributed by atoms with van der Waals surface area (Å²) in [7, 11) is 0. The molecule has 0 saturated heterocycles. The van der Waals surface area contributed by atoms with Crippen molar-refractivity contribution >= 4 is 22.5 Å². The fourth-order valence-electron chi connectivity index (χ4n) is 3.30. The van der Waals surface area contributed by atoms with Gasteiger partial charge in [-0.2, -0.15) is 0 Å². The summed E-state index contributed by atoms with van der Waals surface area (Å²) in [4.78, 5) is 17.2. The molecular weight excluding hydrogens is 328 g/mol. The predicted molar refractivity (Wildman–Crippen MR) is 101 cm³/mol. The zero-order valence-corrected chi connectivity index (χ0v) is 14.8. The van der Waals surface area contributed by atoms with Gasteiger partial charge in [-0.25, -0.2) is 0 Å². The largest absolute Gasteiger partial charge is 0.492 e. The molecular formula is C21H20N2O3. The average Bonchev–Trinajstić information content (AvgIpc) is 3.00. The Morgan fingerprint density at radius 1 is 1.31 bits per heavy atom. The van der Waals surface area contributed by atoms with E-state index in [-0.39, 0.29) is 12.0 Å². The number of amides is 1. The zero-order valence-electron chi connectivity index (χ0n) is 14.8. The third kappa shape index (κ3) is 2.96. The highest BCUT2D eigenvalue weighted by Crippen LogP contribution is 2.38. The maximum absolute atomic E-state index is 12.9. The van der Waals surface area contributed by atoms with Gasteiger partial charge in [0, 0.05) is 35.2 Å². The average molecular weight is 348 g/mol. The van der Waals surface area contributed by atoms with Gasteiger partial charge in [0.05, 0.1) is 17.8 Å². The van der Waals surface area contributed by atoms with Crippen molar-refractivity contribution in [1.82, 2.24) is 4.98 Å². The molecule has 1 aromatic heterocycles. The van der Waals surface area contributed by atoms with Gasteiger partial charge in [0.2, 0.25) is 0 Å². The lowest BCUT2D eigenvalue weighted by Gasteiger charge is -2.14. The van der Waals surface area contributed by atoms with Crippen molar-refractivity contribution in [2.24, 2.45) is 0 Å². The van der Waals surface area contributed by atoms with Crippen LogP contribution in [0.3, 0.4) is 0 Å². The minimum Gasteiger partial charge on any atom is -0.492 e. The van der Waals surface area contributed by atoms with Crippen molar-refractivity contribution in [3.63, 3.8) is 0 Å². The Labute approximate surface area is 152 Å². The highest BCUT2D eigenvalue weighted by atomic mass is 16.5. The van der Waals surface area contributed by atoms with Gasteiger partial charge < -0.3 is 14.8 Å². The number of hydrogen-bond acceptors (Lipinski definition) is 4. The summed E-state index contributed by atoms with van der Waals surface area (Å²) in [6.45, 7) is 4.48. The van der Waals surface area contributed by atoms with Crippen molar-refractivity contribution in [2.75, 3.05) is 11.9 Å². The first kappa shape index (κ1) is 16.4. The molecule has 0 spiro atoms. The van der Waals surface area contributed by atoms with Gasteiger partial charge in [-0.15, -0.1) is 0 Å². The van der Waals surface area contributed by atoms with Gasteiger partial charge in [0.1, 0.15) is 17.6 Å². The van der Waals surface area contributed by atoms with E-state index in [2.05, 4.69) is 10.3 Å². The third-order valence-electron chi connectivity index (χ3n) is 4.44. The summed E-state index contributed by atoms with van der Waals surface area (Å²) in [6.07, 6.45) is 2.70. The van der Waals surface area contributed by atoms with Gasteiger partial charge in [0.25, 0.3) is 5.91 Å². The maximum atomic E-state index is 12.9. The SMILES string of the molecule is CCOc1cc2c(cc1NC(=O)c1cccc3ncccc13)OC(C)C2. The van der Waals surface area contributed by atoms with Crippen LogP contribution in [0.2, 0.25) is 0 Å². The quantitative estimate of drug-likeness (QED) is 0.767. The van der Waals surface area contributed by atoms with E-state index in [1.807, 2.05) is 50.2 Å². The van der Waals surface area contributed by atoms with Gasteiger partial charge >= 0.3 is 0 Å². The molecule has 132 valence electrons. The molecule has 1 unspecified atom stereocenters. The van der Waals surface area contributed by atoms with E-state index >= 15 is 0 Å².